The Morgan fingerprint density at radius 3 is 2.50 bits per heavy atom. The average Bonchev–Trinajstić information content (AvgIpc) is 1.87. The third kappa shape index (κ3) is 1.58. The molecule has 1 N–H and O–H groups in total. The van der Waals surface area contributed by atoms with E-state index in [1.807, 2.05) is 0 Å². The Morgan fingerprint density at radius 1 is 1.75 bits per heavy atom. The summed E-state index contributed by atoms with van der Waals surface area (Å²) >= 11 is 1.45. The smallest absolute Gasteiger partial charge is 0.235 e. The van der Waals surface area contributed by atoms with E-state index in [-0.39, 0.29) is 13.3 Å². The zero-order chi connectivity index (χ0) is 5.28. The van der Waals surface area contributed by atoms with Crippen molar-refractivity contribution in [2.75, 3.05) is 5.75 Å². The highest BCUT2D eigenvalue weighted by atomic mass is 32.2. The zero-order valence-electron chi connectivity index (χ0n) is 3.73. The highest BCUT2D eigenvalue weighted by Gasteiger charge is 2.11. The minimum absolute atomic E-state index is 0. The lowest BCUT2D eigenvalue weighted by Crippen LogP contribution is -2.12. The first-order valence-corrected chi connectivity index (χ1v) is 2.89. The quantitative estimate of drug-likeness (QED) is 0.530. The predicted molar refractivity (Wildman–Crippen MR) is 36.5 cm³/mol. The first kappa shape index (κ1) is 7.56. The maximum atomic E-state index is 10.3. The van der Waals surface area contributed by atoms with Crippen LogP contribution in [0.25, 0.3) is 0 Å². The lowest BCUT2D eigenvalue weighted by molar-refractivity contribution is -0.117. The summed E-state index contributed by atoms with van der Waals surface area (Å²) in [4.78, 5) is 10.3. The zero-order valence-corrected chi connectivity index (χ0v) is 4.55. The van der Waals surface area contributed by atoms with Gasteiger partial charge in [0.25, 0.3) is 0 Å². The summed E-state index contributed by atoms with van der Waals surface area (Å²) in [5, 5.41) is 3.31. The van der Waals surface area contributed by atoms with E-state index in [4.69, 9.17) is 0 Å². The first-order valence-electron chi connectivity index (χ1n) is 1.90. The van der Waals surface area contributed by atoms with Gasteiger partial charge in [0.1, 0.15) is 0 Å². The Morgan fingerprint density at radius 2 is 2.38 bits per heavy atom. The van der Waals surface area contributed by atoms with Crippen molar-refractivity contribution in [3.63, 3.8) is 0 Å². The topological polar surface area (TPSA) is 29.1 Å². The van der Waals surface area contributed by atoms with Gasteiger partial charge in [-0.15, -0.1) is 0 Å². The summed E-state index contributed by atoms with van der Waals surface area (Å²) in [5.74, 6) is 0.605. The summed E-state index contributed by atoms with van der Waals surface area (Å²) in [5.41, 5.74) is 0. The molecule has 8 heavy (non-hydrogen) atoms. The van der Waals surface area contributed by atoms with E-state index in [9.17, 15) is 4.79 Å². The van der Waals surface area contributed by atoms with Crippen LogP contribution >= 0.6 is 11.8 Å². The molecule has 0 radical (unpaired) electrons. The highest BCUT2D eigenvalue weighted by Crippen LogP contribution is 2.14. The van der Waals surface area contributed by atoms with Gasteiger partial charge in [-0.1, -0.05) is 25.8 Å². The van der Waals surface area contributed by atoms with E-state index in [1.165, 1.54) is 11.8 Å². The molecule has 1 aliphatic heterocycles. The van der Waals surface area contributed by atoms with Crippen LogP contribution in [0, 0.1) is 0 Å². The van der Waals surface area contributed by atoms with Crippen LogP contribution in [0.2, 0.25) is 0 Å². The summed E-state index contributed by atoms with van der Waals surface area (Å²) < 4.78 is 0. The molecule has 0 aromatic carbocycles. The Kier molecular flexibility index (Phi) is 2.62. The Labute approximate surface area is 53.3 Å². The fraction of sp³-hybridized carbons (Fsp3) is 0.400. The SMILES string of the molecule is C.C=C1NC(=O)CS1. The van der Waals surface area contributed by atoms with Crippen LogP contribution in [0.15, 0.2) is 11.6 Å². The van der Waals surface area contributed by atoms with Gasteiger partial charge in [-0.05, 0) is 0 Å². The van der Waals surface area contributed by atoms with Crippen molar-refractivity contribution in [2.24, 2.45) is 0 Å². The number of carbonyl (C=O) groups excluding carboxylic acids is 1. The second-order valence-electron chi connectivity index (χ2n) is 1.26. The van der Waals surface area contributed by atoms with Gasteiger partial charge in [-0.3, -0.25) is 4.79 Å². The minimum atomic E-state index is 0. The fourth-order valence-corrected chi connectivity index (χ4v) is 0.944. The number of carbonyl (C=O) groups is 1. The van der Waals surface area contributed by atoms with Crippen LogP contribution in [0.5, 0.6) is 0 Å². The second kappa shape index (κ2) is 2.77. The molecule has 0 bridgehead atoms. The van der Waals surface area contributed by atoms with Gasteiger partial charge in [0.15, 0.2) is 0 Å². The van der Waals surface area contributed by atoms with Gasteiger partial charge in [0.2, 0.25) is 5.91 Å². The van der Waals surface area contributed by atoms with E-state index in [0.29, 0.717) is 5.75 Å². The van der Waals surface area contributed by atoms with Crippen LogP contribution in [-0.2, 0) is 4.79 Å². The van der Waals surface area contributed by atoms with Gasteiger partial charge >= 0.3 is 0 Å². The molecule has 1 heterocycles. The van der Waals surface area contributed by atoms with E-state index in [0.717, 1.165) is 5.03 Å². The molecule has 1 rings (SSSR count). The predicted octanol–water partition coefficient (Wildman–Crippen LogP) is 0.957. The van der Waals surface area contributed by atoms with Gasteiger partial charge < -0.3 is 5.32 Å². The third-order valence-corrected chi connectivity index (χ3v) is 1.51. The molecule has 46 valence electrons. The van der Waals surface area contributed by atoms with Gasteiger partial charge in [0.05, 0.1) is 10.8 Å². The monoisotopic (exact) mass is 131 g/mol. The van der Waals surface area contributed by atoms with Crippen LogP contribution in [-0.4, -0.2) is 11.7 Å². The molecule has 0 unspecified atom stereocenters. The van der Waals surface area contributed by atoms with Crippen molar-refractivity contribution in [3.8, 4) is 0 Å². The van der Waals surface area contributed by atoms with Gasteiger partial charge in [-0.2, -0.15) is 0 Å². The summed E-state index contributed by atoms with van der Waals surface area (Å²) in [7, 11) is 0. The molecule has 0 spiro atoms. The highest BCUT2D eigenvalue weighted by molar-refractivity contribution is 8.04. The molecule has 0 aliphatic carbocycles. The molecule has 0 atom stereocenters. The van der Waals surface area contributed by atoms with Crippen molar-refractivity contribution in [2.45, 2.75) is 7.43 Å². The van der Waals surface area contributed by atoms with Gasteiger partial charge in [-0.25, -0.2) is 0 Å². The van der Waals surface area contributed by atoms with E-state index in [1.54, 1.807) is 0 Å². The number of amides is 1. The van der Waals surface area contributed by atoms with Crippen LogP contribution < -0.4 is 5.32 Å². The maximum absolute atomic E-state index is 10.3. The van der Waals surface area contributed by atoms with Crippen molar-refractivity contribution in [1.82, 2.24) is 5.32 Å². The molecular formula is C5H9NOS. The molecule has 0 saturated carbocycles. The fourth-order valence-electron chi connectivity index (χ4n) is 0.380. The van der Waals surface area contributed by atoms with E-state index >= 15 is 0 Å². The molecule has 1 aliphatic rings. The Balaban J connectivity index is 0.000000490. The largest absolute Gasteiger partial charge is 0.320 e. The maximum Gasteiger partial charge on any atom is 0.235 e. The standard InChI is InChI=1S/C4H5NOS.CH4/c1-3-5-4(6)2-7-3;/h1-2H2,(H,5,6);1H4. The molecule has 1 saturated heterocycles. The normalized spacial score (nSPS) is 17.5. The molecular weight excluding hydrogens is 122 g/mol. The van der Waals surface area contributed by atoms with Crippen molar-refractivity contribution < 1.29 is 4.79 Å². The Hall–Kier alpha value is -0.440. The molecule has 0 aromatic heterocycles. The van der Waals surface area contributed by atoms with Crippen molar-refractivity contribution in [1.29, 1.82) is 0 Å². The van der Waals surface area contributed by atoms with Crippen LogP contribution in [0.4, 0.5) is 0 Å². The van der Waals surface area contributed by atoms with E-state index < -0.39 is 0 Å². The average molecular weight is 131 g/mol. The number of rotatable bonds is 0. The molecule has 1 fully saturated rings. The van der Waals surface area contributed by atoms with Crippen molar-refractivity contribution in [3.05, 3.63) is 11.6 Å². The lowest BCUT2D eigenvalue weighted by Gasteiger charge is -1.84. The summed E-state index contributed by atoms with van der Waals surface area (Å²) in [6.45, 7) is 3.54. The number of nitrogens with one attached hydrogen (secondary N) is 1. The molecule has 0 aromatic rings. The van der Waals surface area contributed by atoms with Gasteiger partial charge in [0, 0.05) is 0 Å². The first-order chi connectivity index (χ1) is 3.29. The molecule has 3 heteroatoms. The van der Waals surface area contributed by atoms with Crippen molar-refractivity contribution >= 4 is 17.7 Å². The number of hydrogen-bond donors (Lipinski definition) is 1. The van der Waals surface area contributed by atoms with Crippen LogP contribution in [0.1, 0.15) is 7.43 Å². The minimum Gasteiger partial charge on any atom is -0.320 e. The van der Waals surface area contributed by atoms with E-state index in [2.05, 4.69) is 11.9 Å². The Bertz CT molecular complexity index is 108. The second-order valence-corrected chi connectivity index (χ2v) is 2.33. The molecule has 2 nitrogen and oxygen atoms in total. The lowest BCUT2D eigenvalue weighted by atomic mass is 10.7. The van der Waals surface area contributed by atoms with Crippen LogP contribution in [0.3, 0.4) is 0 Å². The summed E-state index contributed by atoms with van der Waals surface area (Å²) in [6.07, 6.45) is 0. The number of thioether (sulfide) groups is 1. The molecule has 1 amide bonds. The third-order valence-electron chi connectivity index (χ3n) is 0.656. The number of hydrogen-bond acceptors (Lipinski definition) is 2. The summed E-state index contributed by atoms with van der Waals surface area (Å²) in [6, 6.07) is 0.